The van der Waals surface area contributed by atoms with Crippen molar-refractivity contribution in [1.29, 1.82) is 0 Å². The first-order valence-electron chi connectivity index (χ1n) is 19.5. The molecule has 0 saturated carbocycles. The number of rotatable bonds is 7. The molecule has 1 aliphatic rings. The van der Waals surface area contributed by atoms with Crippen LogP contribution in [0.25, 0.3) is 66.4 Å². The summed E-state index contributed by atoms with van der Waals surface area (Å²) in [7, 11) is 0. The maximum Gasteiger partial charge on any atom is 0.0540 e. The fourth-order valence-electron chi connectivity index (χ4n) is 8.84. The number of nitrogens with zero attached hydrogens (tertiary/aromatic N) is 1. The number of anilines is 3. The number of fused-ring (bicyclic) bond motifs is 4. The van der Waals surface area contributed by atoms with Gasteiger partial charge in [0.1, 0.15) is 0 Å². The van der Waals surface area contributed by atoms with Crippen molar-refractivity contribution < 1.29 is 0 Å². The van der Waals surface area contributed by atoms with E-state index in [-0.39, 0.29) is 5.41 Å². The third kappa shape index (κ3) is 5.72. The Labute approximate surface area is 329 Å². The van der Waals surface area contributed by atoms with Crippen molar-refractivity contribution in [1.82, 2.24) is 0 Å². The summed E-state index contributed by atoms with van der Waals surface area (Å²) in [6.45, 7) is 4.76. The predicted octanol–water partition coefficient (Wildman–Crippen LogP) is 15.3. The first kappa shape index (κ1) is 33.6. The van der Waals surface area contributed by atoms with Gasteiger partial charge in [-0.15, -0.1) is 0 Å². The van der Waals surface area contributed by atoms with Crippen LogP contribution in [-0.2, 0) is 5.41 Å². The minimum absolute atomic E-state index is 0.156. The molecule has 9 aromatic carbocycles. The zero-order valence-corrected chi connectivity index (χ0v) is 31.7. The predicted molar refractivity (Wildman–Crippen MR) is 238 cm³/mol. The van der Waals surface area contributed by atoms with Gasteiger partial charge in [-0.3, -0.25) is 0 Å². The Morgan fingerprint density at radius 3 is 1.48 bits per heavy atom. The molecule has 1 nitrogen and oxygen atoms in total. The van der Waals surface area contributed by atoms with E-state index in [2.05, 4.69) is 231 Å². The van der Waals surface area contributed by atoms with Crippen molar-refractivity contribution in [3.05, 3.63) is 223 Å². The molecule has 1 aliphatic carbocycles. The molecule has 0 heterocycles. The lowest BCUT2D eigenvalue weighted by atomic mass is 9.80. The van der Waals surface area contributed by atoms with Gasteiger partial charge in [-0.1, -0.05) is 184 Å². The van der Waals surface area contributed by atoms with E-state index < -0.39 is 0 Å². The van der Waals surface area contributed by atoms with Crippen LogP contribution in [0.1, 0.15) is 25.0 Å². The van der Waals surface area contributed by atoms with Crippen molar-refractivity contribution in [2.24, 2.45) is 0 Å². The number of hydrogen-bond donors (Lipinski definition) is 0. The maximum absolute atomic E-state index is 2.48. The molecule has 10 rings (SSSR count). The standard InChI is InChI=1S/C55H41N/c1-55(2)51-26-15-25-47(41-18-8-4-9-19-41)54(51)50-36-48(42-20-10-5-11-21-42)49(37-52(50)55)43-30-34-45(35-31-43)56(53-27-14-23-40-22-12-13-24-46(40)53)44-32-28-39(29-33-44)38-16-6-3-7-17-38/h3-37H,1-2H3. The second-order valence-corrected chi connectivity index (χ2v) is 15.3. The van der Waals surface area contributed by atoms with Crippen molar-refractivity contribution in [2.45, 2.75) is 19.3 Å². The van der Waals surface area contributed by atoms with Gasteiger partial charge in [0.15, 0.2) is 0 Å². The smallest absolute Gasteiger partial charge is 0.0540 e. The van der Waals surface area contributed by atoms with Crippen molar-refractivity contribution in [3.8, 4) is 55.6 Å². The van der Waals surface area contributed by atoms with E-state index in [9.17, 15) is 0 Å². The van der Waals surface area contributed by atoms with E-state index in [1.807, 2.05) is 0 Å². The van der Waals surface area contributed by atoms with Crippen LogP contribution < -0.4 is 4.90 Å². The van der Waals surface area contributed by atoms with Gasteiger partial charge in [-0.25, -0.2) is 0 Å². The fraction of sp³-hybridized carbons (Fsp3) is 0.0545. The summed E-state index contributed by atoms with van der Waals surface area (Å²) in [6, 6.07) is 77.5. The molecule has 0 atom stereocenters. The average molecular weight is 716 g/mol. The molecule has 0 bridgehead atoms. The molecular formula is C55H41N. The van der Waals surface area contributed by atoms with Gasteiger partial charge < -0.3 is 4.90 Å². The summed E-state index contributed by atoms with van der Waals surface area (Å²) < 4.78 is 0. The summed E-state index contributed by atoms with van der Waals surface area (Å²) in [5.41, 5.74) is 18.5. The SMILES string of the molecule is CC1(C)c2cc(-c3ccc(N(c4ccc(-c5ccccc5)cc4)c4cccc5ccccc45)cc3)c(-c3ccccc3)cc2-c2c(-c3ccccc3)cccc21. The maximum atomic E-state index is 2.48. The van der Waals surface area contributed by atoms with E-state index in [4.69, 9.17) is 0 Å². The number of hydrogen-bond acceptors (Lipinski definition) is 1. The molecule has 1 heteroatoms. The highest BCUT2D eigenvalue weighted by molar-refractivity contribution is 6.00. The Morgan fingerprint density at radius 1 is 0.339 bits per heavy atom. The Kier molecular flexibility index (Phi) is 8.23. The number of benzene rings is 9. The second kappa shape index (κ2) is 13.7. The quantitative estimate of drug-likeness (QED) is 0.159. The molecule has 0 fully saturated rings. The highest BCUT2D eigenvalue weighted by Gasteiger charge is 2.38. The van der Waals surface area contributed by atoms with Crippen molar-refractivity contribution in [2.75, 3.05) is 4.90 Å². The Hall–Kier alpha value is -6.96. The second-order valence-electron chi connectivity index (χ2n) is 15.3. The minimum Gasteiger partial charge on any atom is -0.310 e. The van der Waals surface area contributed by atoms with Crippen LogP contribution in [0.3, 0.4) is 0 Å². The van der Waals surface area contributed by atoms with Crippen LogP contribution in [-0.4, -0.2) is 0 Å². The molecule has 56 heavy (non-hydrogen) atoms. The first-order valence-corrected chi connectivity index (χ1v) is 19.5. The zero-order valence-electron chi connectivity index (χ0n) is 31.7. The topological polar surface area (TPSA) is 3.24 Å². The lowest BCUT2D eigenvalue weighted by molar-refractivity contribution is 0.661. The molecule has 266 valence electrons. The van der Waals surface area contributed by atoms with E-state index in [0.29, 0.717) is 0 Å². The van der Waals surface area contributed by atoms with Crippen LogP contribution in [0, 0.1) is 0 Å². The molecule has 0 spiro atoms. The van der Waals surface area contributed by atoms with Gasteiger partial charge in [0.2, 0.25) is 0 Å². The van der Waals surface area contributed by atoms with E-state index in [1.165, 1.54) is 77.5 Å². The normalized spacial score (nSPS) is 12.6. The van der Waals surface area contributed by atoms with E-state index in [0.717, 1.165) is 17.1 Å². The summed E-state index contributed by atoms with van der Waals surface area (Å²) in [4.78, 5) is 2.40. The van der Waals surface area contributed by atoms with Gasteiger partial charge in [-0.2, -0.15) is 0 Å². The van der Waals surface area contributed by atoms with Gasteiger partial charge in [0.05, 0.1) is 5.69 Å². The van der Waals surface area contributed by atoms with E-state index in [1.54, 1.807) is 0 Å². The molecule has 0 N–H and O–H groups in total. The molecule has 0 aromatic heterocycles. The molecule has 0 saturated heterocycles. The summed E-state index contributed by atoms with van der Waals surface area (Å²) in [5.74, 6) is 0. The third-order valence-corrected chi connectivity index (χ3v) is 11.7. The molecule has 0 amide bonds. The lowest BCUT2D eigenvalue weighted by Crippen LogP contribution is -2.15. The van der Waals surface area contributed by atoms with Gasteiger partial charge >= 0.3 is 0 Å². The Bertz CT molecular complexity index is 2830. The van der Waals surface area contributed by atoms with Crippen LogP contribution in [0.2, 0.25) is 0 Å². The van der Waals surface area contributed by atoms with Crippen LogP contribution >= 0.6 is 0 Å². The highest BCUT2D eigenvalue weighted by Crippen LogP contribution is 2.54. The summed E-state index contributed by atoms with van der Waals surface area (Å²) in [5, 5.41) is 2.44. The molecule has 0 radical (unpaired) electrons. The molecule has 9 aromatic rings. The third-order valence-electron chi connectivity index (χ3n) is 11.7. The van der Waals surface area contributed by atoms with Gasteiger partial charge in [0.25, 0.3) is 0 Å². The molecular weight excluding hydrogens is 675 g/mol. The average Bonchev–Trinajstić information content (AvgIpc) is 3.50. The van der Waals surface area contributed by atoms with Gasteiger partial charge in [0, 0.05) is 22.2 Å². The first-order chi connectivity index (χ1) is 27.5. The fourth-order valence-corrected chi connectivity index (χ4v) is 8.84. The van der Waals surface area contributed by atoms with Crippen LogP contribution in [0.5, 0.6) is 0 Å². The van der Waals surface area contributed by atoms with Crippen molar-refractivity contribution in [3.63, 3.8) is 0 Å². The lowest BCUT2D eigenvalue weighted by Gasteiger charge is -2.27. The Balaban J connectivity index is 1.12. The Morgan fingerprint density at radius 2 is 0.821 bits per heavy atom. The van der Waals surface area contributed by atoms with Crippen LogP contribution in [0.15, 0.2) is 212 Å². The van der Waals surface area contributed by atoms with E-state index >= 15 is 0 Å². The molecule has 0 aliphatic heterocycles. The summed E-state index contributed by atoms with van der Waals surface area (Å²) in [6.07, 6.45) is 0. The zero-order chi connectivity index (χ0) is 37.6. The molecule has 0 unspecified atom stereocenters. The largest absolute Gasteiger partial charge is 0.310 e. The van der Waals surface area contributed by atoms with Crippen LogP contribution in [0.4, 0.5) is 17.1 Å². The van der Waals surface area contributed by atoms with Crippen molar-refractivity contribution >= 4 is 27.8 Å². The monoisotopic (exact) mass is 715 g/mol. The summed E-state index contributed by atoms with van der Waals surface area (Å²) >= 11 is 0. The van der Waals surface area contributed by atoms with Gasteiger partial charge in [-0.05, 0) is 115 Å². The minimum atomic E-state index is -0.156. The highest BCUT2D eigenvalue weighted by atomic mass is 15.1.